The van der Waals surface area contributed by atoms with Crippen LogP contribution < -0.4 is 0 Å². The first-order valence-corrected chi connectivity index (χ1v) is 9.70. The van der Waals surface area contributed by atoms with Crippen LogP contribution in [-0.2, 0) is 14.6 Å². The smallest absolute Gasteiger partial charge is 0.303 e. The lowest BCUT2D eigenvalue weighted by Crippen LogP contribution is -2.28. The summed E-state index contributed by atoms with van der Waals surface area (Å²) in [7, 11) is 0. The first kappa shape index (κ1) is 21.1. The minimum atomic E-state index is -0.755. The lowest BCUT2D eigenvalue weighted by atomic mass is 9.89. The number of aliphatic hydroxyl groups is 2. The van der Waals surface area contributed by atoms with Crippen LogP contribution in [0.25, 0.3) is 0 Å². The third kappa shape index (κ3) is 6.83. The number of carboxylic acids is 1. The molecule has 0 aromatic carbocycles. The normalized spacial score (nSPS) is 30.4. The average Bonchev–Trinajstić information content (AvgIpc) is 3.17. The number of unbranched alkanes of at least 4 members (excludes halogenated alkanes) is 1. The van der Waals surface area contributed by atoms with Gasteiger partial charge in [-0.1, -0.05) is 24.3 Å². The van der Waals surface area contributed by atoms with Gasteiger partial charge in [-0.25, -0.2) is 9.78 Å². The molecule has 2 aliphatic rings. The number of rotatable bonds is 12. The standard InChI is InChI=1S/C20H32O6/c1-14(21)7-6-8-15(22)11-12-17-16(18-13-19(17)26-25-18)9-4-2-3-5-10-20(23)24/h2,4,11-12,14-19,21-22H,3,5-10,13H2,1H3,(H,23,24)/b4-2-,12-11+/t14?,15-,16+,17+,18-,19+/m0/s1. The van der Waals surface area contributed by atoms with E-state index in [-0.39, 0.29) is 30.7 Å². The molecule has 1 aliphatic carbocycles. The molecule has 0 radical (unpaired) electrons. The summed E-state index contributed by atoms with van der Waals surface area (Å²) in [6.45, 7) is 1.76. The molecule has 0 aromatic rings. The zero-order valence-electron chi connectivity index (χ0n) is 15.5. The van der Waals surface area contributed by atoms with Crippen LogP contribution in [0.15, 0.2) is 24.3 Å². The summed E-state index contributed by atoms with van der Waals surface area (Å²) in [6, 6.07) is 0. The molecule has 26 heavy (non-hydrogen) atoms. The fourth-order valence-electron chi connectivity index (χ4n) is 3.73. The summed E-state index contributed by atoms with van der Waals surface area (Å²) < 4.78 is 0. The van der Waals surface area contributed by atoms with E-state index in [0.29, 0.717) is 25.2 Å². The minimum Gasteiger partial charge on any atom is -0.481 e. The molecule has 3 N–H and O–H groups in total. The van der Waals surface area contributed by atoms with Crippen molar-refractivity contribution in [2.75, 3.05) is 0 Å². The Morgan fingerprint density at radius 3 is 2.65 bits per heavy atom. The monoisotopic (exact) mass is 368 g/mol. The molecule has 1 saturated carbocycles. The zero-order valence-corrected chi connectivity index (χ0v) is 15.5. The van der Waals surface area contributed by atoms with Crippen LogP contribution in [0, 0.1) is 11.8 Å². The van der Waals surface area contributed by atoms with E-state index >= 15 is 0 Å². The maximum absolute atomic E-state index is 10.5. The van der Waals surface area contributed by atoms with Crippen molar-refractivity contribution in [3.05, 3.63) is 24.3 Å². The summed E-state index contributed by atoms with van der Waals surface area (Å²) in [5.74, 6) is -0.205. The van der Waals surface area contributed by atoms with E-state index in [1.807, 2.05) is 12.2 Å². The van der Waals surface area contributed by atoms with E-state index in [9.17, 15) is 15.0 Å². The number of aliphatic hydroxyl groups excluding tert-OH is 2. The van der Waals surface area contributed by atoms with Gasteiger partial charge in [-0.3, -0.25) is 4.79 Å². The van der Waals surface area contributed by atoms with Crippen LogP contribution in [0.3, 0.4) is 0 Å². The predicted octanol–water partition coefficient (Wildman–Crippen LogP) is 2.99. The summed E-state index contributed by atoms with van der Waals surface area (Å²) in [4.78, 5) is 21.2. The van der Waals surface area contributed by atoms with Gasteiger partial charge in [0.1, 0.15) is 6.10 Å². The molecule has 1 saturated heterocycles. The number of carboxylic acid groups (broad SMARTS) is 1. The van der Waals surface area contributed by atoms with Crippen molar-refractivity contribution in [3.8, 4) is 0 Å². The fourth-order valence-corrected chi connectivity index (χ4v) is 3.73. The van der Waals surface area contributed by atoms with Gasteiger partial charge in [-0.05, 0) is 45.4 Å². The largest absolute Gasteiger partial charge is 0.481 e. The summed E-state index contributed by atoms with van der Waals surface area (Å²) in [5.41, 5.74) is 0. The fraction of sp³-hybridized carbons (Fsp3) is 0.750. The molecule has 2 bridgehead atoms. The van der Waals surface area contributed by atoms with E-state index in [4.69, 9.17) is 14.9 Å². The van der Waals surface area contributed by atoms with Crippen molar-refractivity contribution in [2.24, 2.45) is 11.8 Å². The second-order valence-electron chi connectivity index (χ2n) is 7.47. The first-order chi connectivity index (χ1) is 12.5. The summed E-state index contributed by atoms with van der Waals surface area (Å²) >= 11 is 0. The Kier molecular flexibility index (Phi) is 8.78. The second kappa shape index (κ2) is 10.8. The van der Waals surface area contributed by atoms with E-state index in [1.165, 1.54) is 0 Å². The number of carbonyl (C=O) groups is 1. The van der Waals surface area contributed by atoms with Crippen LogP contribution in [0.4, 0.5) is 0 Å². The Hall–Kier alpha value is -1.21. The Balaban J connectivity index is 1.77. The molecule has 0 aromatic heterocycles. The molecule has 1 aliphatic heterocycles. The van der Waals surface area contributed by atoms with Gasteiger partial charge in [0.25, 0.3) is 0 Å². The molecule has 6 heteroatoms. The highest BCUT2D eigenvalue weighted by molar-refractivity contribution is 5.66. The van der Waals surface area contributed by atoms with Crippen LogP contribution in [0.2, 0.25) is 0 Å². The molecule has 0 spiro atoms. The molecule has 6 atom stereocenters. The van der Waals surface area contributed by atoms with Crippen molar-refractivity contribution in [3.63, 3.8) is 0 Å². The number of hydrogen-bond donors (Lipinski definition) is 3. The molecular formula is C20H32O6. The number of allylic oxidation sites excluding steroid dienone is 2. The summed E-state index contributed by atoms with van der Waals surface area (Å²) in [5, 5.41) is 28.0. The lowest BCUT2D eigenvalue weighted by Gasteiger charge is -2.27. The number of aliphatic carboxylic acids is 1. The molecule has 148 valence electrons. The van der Waals surface area contributed by atoms with E-state index < -0.39 is 12.1 Å². The number of hydrogen-bond acceptors (Lipinski definition) is 5. The van der Waals surface area contributed by atoms with Crippen LogP contribution in [0.5, 0.6) is 0 Å². The van der Waals surface area contributed by atoms with Gasteiger partial charge < -0.3 is 15.3 Å². The Labute approximate surface area is 155 Å². The third-order valence-corrected chi connectivity index (χ3v) is 5.18. The predicted molar refractivity (Wildman–Crippen MR) is 97.3 cm³/mol. The topological polar surface area (TPSA) is 96.2 Å². The Morgan fingerprint density at radius 2 is 1.92 bits per heavy atom. The highest BCUT2D eigenvalue weighted by Gasteiger charge is 2.49. The molecule has 2 rings (SSSR count). The average molecular weight is 368 g/mol. The molecule has 1 unspecified atom stereocenters. The molecule has 2 fully saturated rings. The second-order valence-corrected chi connectivity index (χ2v) is 7.47. The van der Waals surface area contributed by atoms with Gasteiger partial charge in [0.05, 0.1) is 18.3 Å². The molecule has 1 heterocycles. The van der Waals surface area contributed by atoms with Crippen molar-refractivity contribution < 1.29 is 29.9 Å². The van der Waals surface area contributed by atoms with Crippen LogP contribution >= 0.6 is 0 Å². The first-order valence-electron chi connectivity index (χ1n) is 9.70. The zero-order chi connectivity index (χ0) is 18.9. The maximum atomic E-state index is 10.5. The minimum absolute atomic E-state index is 0.0475. The van der Waals surface area contributed by atoms with Crippen LogP contribution in [-0.4, -0.2) is 45.7 Å². The van der Waals surface area contributed by atoms with Crippen molar-refractivity contribution in [1.82, 2.24) is 0 Å². The Bertz CT molecular complexity index is 487. The van der Waals surface area contributed by atoms with Crippen molar-refractivity contribution >= 4 is 5.97 Å². The lowest BCUT2D eigenvalue weighted by molar-refractivity contribution is -0.336. The van der Waals surface area contributed by atoms with Gasteiger partial charge >= 0.3 is 5.97 Å². The van der Waals surface area contributed by atoms with Gasteiger partial charge in [0.2, 0.25) is 0 Å². The SMILES string of the molecule is CC(O)CCC[C@H](O)/C=C/[C@@H]1[C@@H](C/C=C\CCCC(=O)O)[C@@H]2C[C@H]1OO2. The quantitative estimate of drug-likeness (QED) is 0.278. The Morgan fingerprint density at radius 1 is 1.15 bits per heavy atom. The van der Waals surface area contributed by atoms with E-state index in [0.717, 1.165) is 25.7 Å². The van der Waals surface area contributed by atoms with Crippen molar-refractivity contribution in [2.45, 2.75) is 82.7 Å². The third-order valence-electron chi connectivity index (χ3n) is 5.18. The molecule has 6 nitrogen and oxygen atoms in total. The maximum Gasteiger partial charge on any atom is 0.303 e. The van der Waals surface area contributed by atoms with Gasteiger partial charge in [-0.2, -0.15) is 0 Å². The molecule has 0 amide bonds. The highest BCUT2D eigenvalue weighted by Crippen LogP contribution is 2.44. The highest BCUT2D eigenvalue weighted by atomic mass is 17.2. The van der Waals surface area contributed by atoms with Gasteiger partial charge in [-0.15, -0.1) is 0 Å². The summed E-state index contributed by atoms with van der Waals surface area (Å²) in [6.07, 6.45) is 12.9. The molecular weight excluding hydrogens is 336 g/mol. The van der Waals surface area contributed by atoms with Crippen molar-refractivity contribution in [1.29, 1.82) is 0 Å². The van der Waals surface area contributed by atoms with Gasteiger partial charge in [0, 0.05) is 24.7 Å². The number of fused-ring (bicyclic) bond motifs is 2. The van der Waals surface area contributed by atoms with E-state index in [1.54, 1.807) is 6.92 Å². The van der Waals surface area contributed by atoms with E-state index in [2.05, 4.69) is 12.2 Å². The van der Waals surface area contributed by atoms with Crippen LogP contribution in [0.1, 0.15) is 58.3 Å². The van der Waals surface area contributed by atoms with Gasteiger partial charge in [0.15, 0.2) is 0 Å².